The van der Waals surface area contributed by atoms with E-state index in [1.807, 2.05) is 29.7 Å². The van der Waals surface area contributed by atoms with E-state index in [-0.39, 0.29) is 6.10 Å². The number of aromatic nitrogens is 1. The van der Waals surface area contributed by atoms with Crippen molar-refractivity contribution in [2.75, 3.05) is 0 Å². The third-order valence-electron chi connectivity index (χ3n) is 2.42. The van der Waals surface area contributed by atoms with Crippen molar-refractivity contribution in [1.82, 2.24) is 10.5 Å². The summed E-state index contributed by atoms with van der Waals surface area (Å²) in [4.78, 5) is 9.94. The van der Waals surface area contributed by atoms with E-state index < -0.39 is 0 Å². The van der Waals surface area contributed by atoms with Crippen molar-refractivity contribution >= 4 is 27.3 Å². The molecule has 1 aliphatic rings. The zero-order valence-corrected chi connectivity index (χ0v) is 11.2. The van der Waals surface area contributed by atoms with E-state index in [1.165, 1.54) is 0 Å². The maximum atomic E-state index is 5.36. The molecule has 0 aliphatic carbocycles. The van der Waals surface area contributed by atoms with Gasteiger partial charge in [0.25, 0.3) is 0 Å². The maximum absolute atomic E-state index is 5.36. The van der Waals surface area contributed by atoms with Gasteiger partial charge in [0.1, 0.15) is 15.7 Å². The van der Waals surface area contributed by atoms with Gasteiger partial charge in [-0.2, -0.15) is 0 Å². The fraction of sp³-hybridized carbons (Fsp3) is 0.0833. The van der Waals surface area contributed by atoms with Crippen LogP contribution in [0.15, 0.2) is 46.4 Å². The Labute approximate surface area is 111 Å². The minimum atomic E-state index is -0.113. The molecule has 0 bridgehead atoms. The van der Waals surface area contributed by atoms with Crippen LogP contribution in [0, 0.1) is 0 Å². The molecule has 0 fully saturated rings. The topological polar surface area (TPSA) is 34.1 Å². The Kier molecular flexibility index (Phi) is 2.96. The molecule has 0 saturated heterocycles. The SMILES string of the molecule is BrC1=C[C@@H](c2csc(-c3ccccc3)n2)ON1. The molecule has 86 valence electrons. The summed E-state index contributed by atoms with van der Waals surface area (Å²) in [5.74, 6) is 0. The van der Waals surface area contributed by atoms with Crippen LogP contribution in [0.25, 0.3) is 10.6 Å². The van der Waals surface area contributed by atoms with E-state index in [4.69, 9.17) is 4.84 Å². The number of thiazole rings is 1. The Hall–Kier alpha value is -1.17. The first-order valence-corrected chi connectivity index (χ1v) is 6.80. The van der Waals surface area contributed by atoms with Gasteiger partial charge in [-0.15, -0.1) is 11.3 Å². The average molecular weight is 309 g/mol. The third kappa shape index (κ3) is 2.26. The van der Waals surface area contributed by atoms with Gasteiger partial charge >= 0.3 is 0 Å². The molecule has 2 aromatic rings. The average Bonchev–Trinajstić information content (AvgIpc) is 2.98. The van der Waals surface area contributed by atoms with Crippen molar-refractivity contribution in [2.24, 2.45) is 0 Å². The van der Waals surface area contributed by atoms with Gasteiger partial charge in [-0.05, 0) is 22.0 Å². The lowest BCUT2D eigenvalue weighted by molar-refractivity contribution is 0.0438. The van der Waals surface area contributed by atoms with Gasteiger partial charge in [0, 0.05) is 10.9 Å². The molecule has 0 saturated carbocycles. The Balaban J connectivity index is 1.89. The van der Waals surface area contributed by atoms with Crippen molar-refractivity contribution in [3.8, 4) is 10.6 Å². The second-order valence-electron chi connectivity index (χ2n) is 3.60. The normalized spacial score (nSPS) is 18.9. The molecular weight excluding hydrogens is 300 g/mol. The summed E-state index contributed by atoms with van der Waals surface area (Å²) in [5.41, 5.74) is 4.82. The molecule has 1 aromatic heterocycles. The molecule has 1 N–H and O–H groups in total. The predicted molar refractivity (Wildman–Crippen MR) is 71.5 cm³/mol. The molecule has 5 heteroatoms. The summed E-state index contributed by atoms with van der Waals surface area (Å²) < 4.78 is 0.844. The molecule has 0 amide bonds. The first-order valence-electron chi connectivity index (χ1n) is 5.13. The van der Waals surface area contributed by atoms with E-state index in [9.17, 15) is 0 Å². The van der Waals surface area contributed by atoms with Crippen LogP contribution < -0.4 is 5.48 Å². The van der Waals surface area contributed by atoms with Crippen molar-refractivity contribution in [1.29, 1.82) is 0 Å². The van der Waals surface area contributed by atoms with E-state index in [1.54, 1.807) is 11.3 Å². The predicted octanol–water partition coefficient (Wildman–Crippen LogP) is 3.62. The highest BCUT2D eigenvalue weighted by Crippen LogP contribution is 2.30. The highest BCUT2D eigenvalue weighted by Gasteiger charge is 2.19. The number of hydroxylamine groups is 1. The Morgan fingerprint density at radius 3 is 2.82 bits per heavy atom. The first-order chi connectivity index (χ1) is 8.33. The lowest BCUT2D eigenvalue weighted by Gasteiger charge is -2.02. The van der Waals surface area contributed by atoms with Crippen molar-refractivity contribution < 1.29 is 4.84 Å². The summed E-state index contributed by atoms with van der Waals surface area (Å²) in [6.45, 7) is 0. The van der Waals surface area contributed by atoms with Gasteiger partial charge in [-0.25, -0.2) is 4.98 Å². The Morgan fingerprint density at radius 2 is 2.12 bits per heavy atom. The summed E-state index contributed by atoms with van der Waals surface area (Å²) in [6.07, 6.45) is 1.84. The number of nitrogens with zero attached hydrogens (tertiary/aromatic N) is 1. The van der Waals surface area contributed by atoms with Crippen molar-refractivity contribution in [2.45, 2.75) is 6.10 Å². The van der Waals surface area contributed by atoms with Gasteiger partial charge in [-0.1, -0.05) is 30.3 Å². The molecule has 17 heavy (non-hydrogen) atoms. The highest BCUT2D eigenvalue weighted by molar-refractivity contribution is 9.11. The quantitative estimate of drug-likeness (QED) is 0.860. The van der Waals surface area contributed by atoms with Crippen molar-refractivity contribution in [3.63, 3.8) is 0 Å². The van der Waals surface area contributed by atoms with Crippen LogP contribution >= 0.6 is 27.3 Å². The molecule has 1 aliphatic heterocycles. The zero-order valence-electron chi connectivity index (χ0n) is 8.76. The first kappa shape index (κ1) is 11.0. The molecule has 0 radical (unpaired) electrons. The summed E-state index contributed by atoms with van der Waals surface area (Å²) in [5, 5.41) is 3.04. The van der Waals surface area contributed by atoms with Crippen LogP contribution in [0.2, 0.25) is 0 Å². The van der Waals surface area contributed by atoms with Crippen LogP contribution in [-0.2, 0) is 4.84 Å². The fourth-order valence-electron chi connectivity index (χ4n) is 1.60. The van der Waals surface area contributed by atoms with Gasteiger partial charge in [0.2, 0.25) is 0 Å². The fourth-order valence-corrected chi connectivity index (χ4v) is 2.78. The zero-order chi connectivity index (χ0) is 11.7. The van der Waals surface area contributed by atoms with E-state index >= 15 is 0 Å². The number of benzene rings is 1. The summed E-state index contributed by atoms with van der Waals surface area (Å²) in [6, 6.07) is 10.1. The lowest BCUT2D eigenvalue weighted by Crippen LogP contribution is -2.05. The number of hydrogen-bond donors (Lipinski definition) is 1. The minimum Gasteiger partial charge on any atom is -0.262 e. The molecule has 1 aromatic carbocycles. The second kappa shape index (κ2) is 4.60. The molecule has 3 rings (SSSR count). The largest absolute Gasteiger partial charge is 0.262 e. The molecule has 3 nitrogen and oxygen atoms in total. The van der Waals surface area contributed by atoms with Crippen LogP contribution in [0.3, 0.4) is 0 Å². The Morgan fingerprint density at radius 1 is 1.29 bits per heavy atom. The van der Waals surface area contributed by atoms with Crippen LogP contribution in [0.5, 0.6) is 0 Å². The molecular formula is C12H9BrN2OS. The van der Waals surface area contributed by atoms with Gasteiger partial charge < -0.3 is 0 Å². The van der Waals surface area contributed by atoms with Gasteiger partial charge in [0.05, 0.1) is 5.69 Å². The van der Waals surface area contributed by atoms with E-state index in [0.717, 1.165) is 20.9 Å². The van der Waals surface area contributed by atoms with E-state index in [0.29, 0.717) is 0 Å². The number of rotatable bonds is 2. The van der Waals surface area contributed by atoms with Gasteiger partial charge in [-0.3, -0.25) is 10.3 Å². The van der Waals surface area contributed by atoms with Crippen LogP contribution in [0.1, 0.15) is 11.8 Å². The summed E-state index contributed by atoms with van der Waals surface area (Å²) >= 11 is 4.96. The number of nitrogens with one attached hydrogen (secondary N) is 1. The summed E-state index contributed by atoms with van der Waals surface area (Å²) in [7, 11) is 0. The van der Waals surface area contributed by atoms with Crippen LogP contribution in [0.4, 0.5) is 0 Å². The van der Waals surface area contributed by atoms with Crippen molar-refractivity contribution in [3.05, 3.63) is 52.1 Å². The third-order valence-corrected chi connectivity index (χ3v) is 3.75. The molecule has 1 atom stereocenters. The minimum absolute atomic E-state index is 0.113. The standard InChI is InChI=1S/C12H9BrN2OS/c13-11-6-10(16-15-11)9-7-17-12(14-9)8-4-2-1-3-5-8/h1-7,10,15H/t10-/m0/s1. The highest BCUT2D eigenvalue weighted by atomic mass is 79.9. The van der Waals surface area contributed by atoms with Gasteiger partial charge in [0.15, 0.2) is 0 Å². The van der Waals surface area contributed by atoms with E-state index in [2.05, 4.69) is 38.5 Å². The molecule has 2 heterocycles. The van der Waals surface area contributed by atoms with Crippen LogP contribution in [-0.4, -0.2) is 4.98 Å². The maximum Gasteiger partial charge on any atom is 0.149 e. The Bertz CT molecular complexity index is 553. The second-order valence-corrected chi connectivity index (χ2v) is 5.31. The monoisotopic (exact) mass is 308 g/mol. The molecule has 0 spiro atoms. The molecule has 0 unspecified atom stereocenters. The lowest BCUT2D eigenvalue weighted by atomic mass is 10.2. The number of halogens is 1. The smallest absolute Gasteiger partial charge is 0.149 e. The number of hydrogen-bond acceptors (Lipinski definition) is 4.